The van der Waals surface area contributed by atoms with Crippen molar-refractivity contribution in [2.45, 2.75) is 32.9 Å². The maximum atomic E-state index is 12.1. The molecule has 1 fully saturated rings. The molecular weight excluding hydrogens is 222 g/mol. The van der Waals surface area contributed by atoms with Crippen LogP contribution < -0.4 is 0 Å². The Hall–Kier alpha value is -1.36. The Balaban J connectivity index is 2.92. The van der Waals surface area contributed by atoms with Gasteiger partial charge in [0.2, 0.25) is 5.91 Å². The minimum absolute atomic E-state index is 0.116. The van der Waals surface area contributed by atoms with Crippen molar-refractivity contribution >= 4 is 12.0 Å². The van der Waals surface area contributed by atoms with Crippen LogP contribution in [0.2, 0.25) is 0 Å². The third-order valence-corrected chi connectivity index (χ3v) is 2.97. The van der Waals surface area contributed by atoms with Gasteiger partial charge in [0.15, 0.2) is 0 Å². The number of hydrogen-bond donors (Lipinski definition) is 1. The number of aliphatic hydroxyl groups is 1. The Bertz CT molecular complexity index is 324. The monoisotopic (exact) mass is 241 g/mol. The molecule has 1 rings (SSSR count). The van der Waals surface area contributed by atoms with E-state index in [4.69, 9.17) is 4.74 Å². The summed E-state index contributed by atoms with van der Waals surface area (Å²) in [5.74, 6) is -1.11. The van der Waals surface area contributed by atoms with Gasteiger partial charge in [0.25, 0.3) is 0 Å². The van der Waals surface area contributed by atoms with Crippen molar-refractivity contribution < 1.29 is 19.4 Å². The van der Waals surface area contributed by atoms with Gasteiger partial charge < -0.3 is 9.84 Å². The molecule has 2 amide bonds. The van der Waals surface area contributed by atoms with Gasteiger partial charge in [-0.05, 0) is 12.8 Å². The van der Waals surface area contributed by atoms with Crippen molar-refractivity contribution in [2.24, 2.45) is 11.8 Å². The molecule has 0 aliphatic carbocycles. The normalized spacial score (nSPS) is 23.5. The second-order valence-corrected chi connectivity index (χ2v) is 4.60. The second kappa shape index (κ2) is 5.31. The van der Waals surface area contributed by atoms with Crippen molar-refractivity contribution in [3.63, 3.8) is 0 Å². The molecule has 3 atom stereocenters. The lowest BCUT2D eigenvalue weighted by atomic mass is 9.99. The van der Waals surface area contributed by atoms with E-state index < -0.39 is 24.0 Å². The number of nitrogens with zero attached hydrogens (tertiary/aromatic N) is 1. The number of hydrogen-bond acceptors (Lipinski definition) is 4. The highest BCUT2D eigenvalue weighted by Gasteiger charge is 2.42. The molecule has 5 nitrogen and oxygen atoms in total. The van der Waals surface area contributed by atoms with Gasteiger partial charge in [0, 0.05) is 0 Å². The summed E-state index contributed by atoms with van der Waals surface area (Å²) in [6, 6.07) is -0.267. The Kier molecular flexibility index (Phi) is 4.28. The molecule has 1 heterocycles. The average molecular weight is 241 g/mol. The molecule has 96 valence electrons. The smallest absolute Gasteiger partial charge is 0.417 e. The van der Waals surface area contributed by atoms with E-state index in [1.54, 1.807) is 0 Å². The van der Waals surface area contributed by atoms with Crippen molar-refractivity contribution in [1.29, 1.82) is 0 Å². The number of carbonyl (C=O) groups is 2. The Morgan fingerprint density at radius 3 is 2.59 bits per heavy atom. The molecule has 17 heavy (non-hydrogen) atoms. The lowest BCUT2D eigenvalue weighted by Crippen LogP contribution is -2.46. The van der Waals surface area contributed by atoms with E-state index in [0.29, 0.717) is 0 Å². The average Bonchev–Trinajstić information content (AvgIpc) is 2.60. The number of carbonyl (C=O) groups excluding carboxylic acids is 2. The van der Waals surface area contributed by atoms with Crippen molar-refractivity contribution in [3.8, 4) is 0 Å². The number of aliphatic hydroxyl groups excluding tert-OH is 1. The van der Waals surface area contributed by atoms with Gasteiger partial charge in [-0.25, -0.2) is 9.69 Å². The number of amides is 2. The summed E-state index contributed by atoms with van der Waals surface area (Å²) in [5.41, 5.74) is 0. The van der Waals surface area contributed by atoms with Gasteiger partial charge in [-0.15, -0.1) is 6.58 Å². The molecule has 0 aromatic heterocycles. The zero-order valence-electron chi connectivity index (χ0n) is 10.4. The number of cyclic esters (lactones) is 1. The molecule has 1 saturated heterocycles. The first-order valence-electron chi connectivity index (χ1n) is 5.70. The Labute approximate surface area is 101 Å². The van der Waals surface area contributed by atoms with Crippen LogP contribution in [0.4, 0.5) is 4.79 Å². The second-order valence-electron chi connectivity index (χ2n) is 4.60. The molecule has 0 radical (unpaired) electrons. The van der Waals surface area contributed by atoms with E-state index >= 15 is 0 Å². The summed E-state index contributed by atoms with van der Waals surface area (Å²) < 4.78 is 4.89. The van der Waals surface area contributed by atoms with Crippen LogP contribution in [-0.2, 0) is 9.53 Å². The first-order valence-corrected chi connectivity index (χ1v) is 5.70. The largest absolute Gasteiger partial charge is 0.447 e. The minimum Gasteiger partial charge on any atom is -0.447 e. The van der Waals surface area contributed by atoms with E-state index in [1.165, 1.54) is 13.0 Å². The first-order chi connectivity index (χ1) is 7.90. The van der Waals surface area contributed by atoms with Crippen LogP contribution >= 0.6 is 0 Å². The standard InChI is InChI=1S/C12H19NO4/c1-5-9(8(4)14)11(15)13-10(7(2)3)6-17-12(13)16/h5,7-10,14H,1,6H2,2-4H3/t8-,9+,10-/m0/s1. The van der Waals surface area contributed by atoms with Gasteiger partial charge >= 0.3 is 6.09 Å². The maximum Gasteiger partial charge on any atom is 0.417 e. The zero-order chi connectivity index (χ0) is 13.2. The van der Waals surface area contributed by atoms with Crippen molar-refractivity contribution in [1.82, 2.24) is 4.90 Å². The van der Waals surface area contributed by atoms with Crippen LogP contribution in [0, 0.1) is 11.8 Å². The van der Waals surface area contributed by atoms with Crippen LogP contribution in [0.1, 0.15) is 20.8 Å². The molecule has 1 aliphatic rings. The Morgan fingerprint density at radius 2 is 2.18 bits per heavy atom. The van der Waals surface area contributed by atoms with Gasteiger partial charge in [0.1, 0.15) is 6.61 Å². The van der Waals surface area contributed by atoms with Crippen LogP contribution in [-0.4, -0.2) is 40.8 Å². The molecular formula is C12H19NO4. The van der Waals surface area contributed by atoms with E-state index in [2.05, 4.69) is 6.58 Å². The van der Waals surface area contributed by atoms with Gasteiger partial charge in [-0.3, -0.25) is 4.79 Å². The lowest BCUT2D eigenvalue weighted by Gasteiger charge is -2.26. The highest BCUT2D eigenvalue weighted by Crippen LogP contribution is 2.23. The summed E-state index contributed by atoms with van der Waals surface area (Å²) >= 11 is 0. The fourth-order valence-electron chi connectivity index (χ4n) is 1.84. The predicted molar refractivity (Wildman–Crippen MR) is 62.2 cm³/mol. The van der Waals surface area contributed by atoms with E-state index in [1.807, 2.05) is 13.8 Å². The quantitative estimate of drug-likeness (QED) is 0.750. The fraction of sp³-hybridized carbons (Fsp3) is 0.667. The van der Waals surface area contributed by atoms with E-state index in [-0.39, 0.29) is 18.6 Å². The van der Waals surface area contributed by atoms with Crippen molar-refractivity contribution in [2.75, 3.05) is 6.61 Å². The summed E-state index contributed by atoms with van der Waals surface area (Å²) in [6.45, 7) is 9.05. The van der Waals surface area contributed by atoms with Gasteiger partial charge in [0.05, 0.1) is 18.1 Å². The highest BCUT2D eigenvalue weighted by atomic mass is 16.6. The molecule has 0 spiro atoms. The number of rotatable bonds is 4. The molecule has 0 unspecified atom stereocenters. The summed E-state index contributed by atoms with van der Waals surface area (Å²) in [7, 11) is 0. The van der Waals surface area contributed by atoms with Gasteiger partial charge in [-0.1, -0.05) is 19.9 Å². The predicted octanol–water partition coefficient (Wildman–Crippen LogP) is 1.17. The topological polar surface area (TPSA) is 66.8 Å². The SMILES string of the molecule is C=C[C@@H](C(=O)N1C(=O)OC[C@H]1C(C)C)[C@H](C)O. The highest BCUT2D eigenvalue weighted by molar-refractivity contribution is 5.95. The Morgan fingerprint density at radius 1 is 1.59 bits per heavy atom. The molecule has 0 aromatic carbocycles. The number of ether oxygens (including phenoxy) is 1. The van der Waals surface area contributed by atoms with Crippen LogP contribution in [0.25, 0.3) is 0 Å². The number of imide groups is 1. The fourth-order valence-corrected chi connectivity index (χ4v) is 1.84. The first kappa shape index (κ1) is 13.7. The summed E-state index contributed by atoms with van der Waals surface area (Å²) in [6.07, 6.45) is -0.155. The zero-order valence-corrected chi connectivity index (χ0v) is 10.4. The lowest BCUT2D eigenvalue weighted by molar-refractivity contribution is -0.135. The molecule has 1 aliphatic heterocycles. The molecule has 0 bridgehead atoms. The van der Waals surface area contributed by atoms with E-state index in [9.17, 15) is 14.7 Å². The van der Waals surface area contributed by atoms with Crippen LogP contribution in [0.5, 0.6) is 0 Å². The van der Waals surface area contributed by atoms with Crippen LogP contribution in [0.3, 0.4) is 0 Å². The maximum absolute atomic E-state index is 12.1. The molecule has 1 N–H and O–H groups in total. The van der Waals surface area contributed by atoms with Gasteiger partial charge in [-0.2, -0.15) is 0 Å². The molecule has 5 heteroatoms. The third kappa shape index (κ3) is 2.66. The van der Waals surface area contributed by atoms with E-state index in [0.717, 1.165) is 4.90 Å². The molecule has 0 aromatic rings. The summed E-state index contributed by atoms with van der Waals surface area (Å²) in [4.78, 5) is 24.8. The third-order valence-electron chi connectivity index (χ3n) is 2.97. The molecule has 0 saturated carbocycles. The summed E-state index contributed by atoms with van der Waals surface area (Å²) in [5, 5.41) is 9.48. The minimum atomic E-state index is -0.874. The van der Waals surface area contributed by atoms with Crippen LogP contribution in [0.15, 0.2) is 12.7 Å². The van der Waals surface area contributed by atoms with Crippen molar-refractivity contribution in [3.05, 3.63) is 12.7 Å².